The molecule has 0 spiro atoms. The number of aromatic nitrogens is 2. The normalized spacial score (nSPS) is 12.1. The van der Waals surface area contributed by atoms with Crippen molar-refractivity contribution in [1.82, 2.24) is 14.9 Å². The van der Waals surface area contributed by atoms with Gasteiger partial charge in [-0.15, -0.1) is 0 Å². The summed E-state index contributed by atoms with van der Waals surface area (Å²) in [7, 11) is 1.47. The fourth-order valence-electron chi connectivity index (χ4n) is 2.65. The predicted molar refractivity (Wildman–Crippen MR) is 91.8 cm³/mol. The monoisotopic (exact) mass is 325 g/mol. The third-order valence-electron chi connectivity index (χ3n) is 4.05. The third kappa shape index (κ3) is 3.46. The Balaban J connectivity index is 1.73. The Morgan fingerprint density at radius 1 is 1.25 bits per heavy atom. The number of hydrogen-bond acceptors (Lipinski definition) is 3. The molecule has 24 heavy (non-hydrogen) atoms. The van der Waals surface area contributed by atoms with Crippen LogP contribution in [0.4, 0.5) is 4.39 Å². The minimum Gasteiger partial charge on any atom is -0.494 e. The van der Waals surface area contributed by atoms with Gasteiger partial charge in [0.25, 0.3) is 0 Å². The minimum absolute atomic E-state index is 0.0150. The zero-order valence-electron chi connectivity index (χ0n) is 13.7. The largest absolute Gasteiger partial charge is 0.494 e. The van der Waals surface area contributed by atoms with Gasteiger partial charge in [-0.3, -0.25) is 0 Å². The Bertz CT molecular complexity index is 802. The van der Waals surface area contributed by atoms with Crippen LogP contribution in [-0.2, 0) is 6.54 Å². The minimum atomic E-state index is -0.345. The maximum atomic E-state index is 13.9. The standard InChI is InChI=1S/C19H20FN3O/c1-14(15-7-8-19(24-2)17(20)11-15)22-12-16-5-3-4-6-18(16)23-10-9-21-13-23/h3-11,13-14,22H,12H2,1-2H3. The summed E-state index contributed by atoms with van der Waals surface area (Å²) in [6.07, 6.45) is 5.45. The molecule has 0 amide bonds. The Hall–Kier alpha value is -2.66. The van der Waals surface area contributed by atoms with Gasteiger partial charge in [0.05, 0.1) is 19.1 Å². The molecule has 1 heterocycles. The van der Waals surface area contributed by atoms with Crippen molar-refractivity contribution in [2.45, 2.75) is 19.5 Å². The summed E-state index contributed by atoms with van der Waals surface area (Å²) in [6, 6.07) is 13.2. The van der Waals surface area contributed by atoms with Crippen LogP contribution in [0.15, 0.2) is 61.2 Å². The highest BCUT2D eigenvalue weighted by molar-refractivity contribution is 5.41. The SMILES string of the molecule is COc1ccc(C(C)NCc2ccccc2-n2ccnc2)cc1F. The van der Waals surface area contributed by atoms with Gasteiger partial charge < -0.3 is 14.6 Å². The third-order valence-corrected chi connectivity index (χ3v) is 4.05. The average Bonchev–Trinajstić information content (AvgIpc) is 3.14. The first-order valence-corrected chi connectivity index (χ1v) is 7.82. The van der Waals surface area contributed by atoms with Crippen LogP contribution in [0.3, 0.4) is 0 Å². The van der Waals surface area contributed by atoms with Crippen LogP contribution in [-0.4, -0.2) is 16.7 Å². The van der Waals surface area contributed by atoms with Crippen molar-refractivity contribution in [2.75, 3.05) is 7.11 Å². The molecule has 1 N–H and O–H groups in total. The number of halogens is 1. The highest BCUT2D eigenvalue weighted by atomic mass is 19.1. The average molecular weight is 325 g/mol. The van der Waals surface area contributed by atoms with E-state index in [0.717, 1.165) is 16.8 Å². The number of ether oxygens (including phenoxy) is 1. The Labute approximate surface area is 140 Å². The van der Waals surface area contributed by atoms with Gasteiger partial charge >= 0.3 is 0 Å². The molecule has 0 bridgehead atoms. The molecule has 0 aliphatic rings. The zero-order chi connectivity index (χ0) is 16.9. The number of hydrogen-bond donors (Lipinski definition) is 1. The highest BCUT2D eigenvalue weighted by Crippen LogP contribution is 2.22. The van der Waals surface area contributed by atoms with Crippen LogP contribution in [0.25, 0.3) is 5.69 Å². The molecule has 1 unspecified atom stereocenters. The van der Waals surface area contributed by atoms with Crippen LogP contribution in [0.1, 0.15) is 24.1 Å². The van der Waals surface area contributed by atoms with Crippen molar-refractivity contribution >= 4 is 0 Å². The van der Waals surface area contributed by atoms with Gasteiger partial charge in [0, 0.05) is 25.0 Å². The summed E-state index contributed by atoms with van der Waals surface area (Å²) < 4.78 is 20.8. The Morgan fingerprint density at radius 2 is 2.08 bits per heavy atom. The lowest BCUT2D eigenvalue weighted by atomic mass is 10.1. The summed E-state index contributed by atoms with van der Waals surface area (Å²) in [5.41, 5.74) is 3.11. The molecule has 3 rings (SSSR count). The van der Waals surface area contributed by atoms with Gasteiger partial charge in [-0.2, -0.15) is 0 Å². The Morgan fingerprint density at radius 3 is 2.79 bits per heavy atom. The second kappa shape index (κ2) is 7.27. The zero-order valence-corrected chi connectivity index (χ0v) is 13.7. The van der Waals surface area contributed by atoms with Crippen LogP contribution < -0.4 is 10.1 Å². The van der Waals surface area contributed by atoms with E-state index in [1.54, 1.807) is 18.6 Å². The van der Waals surface area contributed by atoms with Gasteiger partial charge in [0.15, 0.2) is 11.6 Å². The number of methoxy groups -OCH3 is 1. The van der Waals surface area contributed by atoms with Crippen LogP contribution >= 0.6 is 0 Å². The molecule has 3 aromatic rings. The number of rotatable bonds is 6. The van der Waals surface area contributed by atoms with E-state index in [2.05, 4.69) is 22.4 Å². The summed E-state index contributed by atoms with van der Waals surface area (Å²) in [5, 5.41) is 3.44. The van der Waals surface area contributed by atoms with E-state index in [-0.39, 0.29) is 17.6 Å². The molecular weight excluding hydrogens is 305 g/mol. The predicted octanol–water partition coefficient (Wildman–Crippen LogP) is 3.87. The van der Waals surface area contributed by atoms with E-state index in [1.807, 2.05) is 35.9 Å². The number of imidazole rings is 1. The lowest BCUT2D eigenvalue weighted by molar-refractivity contribution is 0.385. The van der Waals surface area contributed by atoms with Gasteiger partial charge in [-0.25, -0.2) is 9.37 Å². The van der Waals surface area contributed by atoms with Crippen molar-refractivity contribution in [1.29, 1.82) is 0 Å². The molecule has 4 nitrogen and oxygen atoms in total. The summed E-state index contributed by atoms with van der Waals surface area (Å²) in [5.74, 6) is -0.0844. The van der Waals surface area contributed by atoms with Crippen molar-refractivity contribution < 1.29 is 9.13 Å². The fraction of sp³-hybridized carbons (Fsp3) is 0.211. The molecule has 0 radical (unpaired) electrons. The number of nitrogens with zero attached hydrogens (tertiary/aromatic N) is 2. The first-order valence-electron chi connectivity index (χ1n) is 7.82. The van der Waals surface area contributed by atoms with Crippen LogP contribution in [0.5, 0.6) is 5.75 Å². The molecule has 0 aliphatic heterocycles. The lowest BCUT2D eigenvalue weighted by Gasteiger charge is -2.17. The smallest absolute Gasteiger partial charge is 0.165 e. The maximum absolute atomic E-state index is 13.9. The molecule has 2 aromatic carbocycles. The maximum Gasteiger partial charge on any atom is 0.165 e. The van der Waals surface area contributed by atoms with E-state index < -0.39 is 0 Å². The van der Waals surface area contributed by atoms with Gasteiger partial charge in [-0.1, -0.05) is 24.3 Å². The van der Waals surface area contributed by atoms with Crippen LogP contribution in [0, 0.1) is 5.82 Å². The molecule has 1 aromatic heterocycles. The van der Waals surface area contributed by atoms with Crippen molar-refractivity contribution in [3.8, 4) is 11.4 Å². The van der Waals surface area contributed by atoms with Crippen LogP contribution in [0.2, 0.25) is 0 Å². The van der Waals surface area contributed by atoms with E-state index in [0.29, 0.717) is 6.54 Å². The molecule has 124 valence electrons. The number of benzene rings is 2. The van der Waals surface area contributed by atoms with Crippen molar-refractivity contribution in [3.05, 3.63) is 78.1 Å². The van der Waals surface area contributed by atoms with Gasteiger partial charge in [-0.05, 0) is 36.2 Å². The second-order valence-corrected chi connectivity index (χ2v) is 5.60. The van der Waals surface area contributed by atoms with E-state index in [1.165, 1.54) is 13.2 Å². The lowest BCUT2D eigenvalue weighted by Crippen LogP contribution is -2.19. The first kappa shape index (κ1) is 16.2. The molecule has 5 heteroatoms. The topological polar surface area (TPSA) is 39.1 Å². The van der Waals surface area contributed by atoms with Crippen molar-refractivity contribution in [3.63, 3.8) is 0 Å². The number of para-hydroxylation sites is 1. The van der Waals surface area contributed by atoms with Crippen molar-refractivity contribution in [2.24, 2.45) is 0 Å². The Kier molecular flexibility index (Phi) is 4.91. The molecule has 0 aliphatic carbocycles. The fourth-order valence-corrected chi connectivity index (χ4v) is 2.65. The molecule has 0 saturated heterocycles. The summed E-state index contributed by atoms with van der Waals surface area (Å²) in [6.45, 7) is 2.68. The van der Waals surface area contributed by atoms with E-state index >= 15 is 0 Å². The quantitative estimate of drug-likeness (QED) is 0.748. The van der Waals surface area contributed by atoms with E-state index in [4.69, 9.17) is 4.74 Å². The highest BCUT2D eigenvalue weighted by Gasteiger charge is 2.10. The molecule has 0 fully saturated rings. The number of nitrogens with one attached hydrogen (secondary N) is 1. The van der Waals surface area contributed by atoms with Gasteiger partial charge in [0.2, 0.25) is 0 Å². The first-order chi connectivity index (χ1) is 11.7. The molecule has 0 saturated carbocycles. The molecular formula is C19H20FN3O. The molecule has 1 atom stereocenters. The van der Waals surface area contributed by atoms with Gasteiger partial charge in [0.1, 0.15) is 0 Å². The summed E-state index contributed by atoms with van der Waals surface area (Å²) >= 11 is 0. The summed E-state index contributed by atoms with van der Waals surface area (Å²) in [4.78, 5) is 4.10. The van der Waals surface area contributed by atoms with E-state index in [9.17, 15) is 4.39 Å². The second-order valence-electron chi connectivity index (χ2n) is 5.60.